The molecule has 0 aliphatic carbocycles. The maximum absolute atomic E-state index is 13.6. The molecule has 1 amide bonds. The van der Waals surface area contributed by atoms with E-state index in [0.29, 0.717) is 6.54 Å². The van der Waals surface area contributed by atoms with Gasteiger partial charge in [0.05, 0.1) is 6.54 Å². The highest BCUT2D eigenvalue weighted by atomic mass is 19.1. The summed E-state index contributed by atoms with van der Waals surface area (Å²) in [7, 11) is 0. The minimum absolute atomic E-state index is 0.00747. The van der Waals surface area contributed by atoms with Crippen LogP contribution in [0.3, 0.4) is 0 Å². The molecule has 2 aromatic rings. The lowest BCUT2D eigenvalue weighted by Gasteiger charge is -2.09. The first-order valence-electron chi connectivity index (χ1n) is 5.88. The fourth-order valence-electron chi connectivity index (χ4n) is 1.58. The lowest BCUT2D eigenvalue weighted by atomic mass is 10.1. The Morgan fingerprint density at radius 3 is 2.60 bits per heavy atom. The maximum atomic E-state index is 13.6. The fourth-order valence-corrected chi connectivity index (χ4v) is 1.58. The van der Waals surface area contributed by atoms with Gasteiger partial charge in [-0.05, 0) is 19.1 Å². The fraction of sp³-hybridized carbons (Fsp3) is 0.250. The van der Waals surface area contributed by atoms with Gasteiger partial charge in [0.1, 0.15) is 17.3 Å². The molecule has 0 spiro atoms. The first-order valence-corrected chi connectivity index (χ1v) is 5.88. The van der Waals surface area contributed by atoms with E-state index in [4.69, 9.17) is 0 Å². The van der Waals surface area contributed by atoms with E-state index in [1.165, 1.54) is 0 Å². The van der Waals surface area contributed by atoms with Gasteiger partial charge in [-0.2, -0.15) is 4.98 Å². The number of aromatic nitrogens is 2. The number of halogens is 2. The van der Waals surface area contributed by atoms with Gasteiger partial charge in [-0.15, -0.1) is 0 Å². The summed E-state index contributed by atoms with van der Waals surface area (Å²) in [6.07, 6.45) is 1.12. The Morgan fingerprint density at radius 2 is 2.05 bits per heavy atom. The van der Waals surface area contributed by atoms with Crippen molar-refractivity contribution in [3.8, 4) is 0 Å². The second kappa shape index (κ2) is 6.09. The van der Waals surface area contributed by atoms with Crippen LogP contribution < -0.4 is 10.6 Å². The number of nitrogens with zero attached hydrogens (tertiary/aromatic N) is 2. The first kappa shape index (κ1) is 13.9. The Kier molecular flexibility index (Phi) is 4.24. The zero-order valence-electron chi connectivity index (χ0n) is 10.6. The van der Waals surface area contributed by atoms with Gasteiger partial charge in [0.15, 0.2) is 5.82 Å². The molecule has 1 heterocycles. The topological polar surface area (TPSA) is 80.0 Å². The molecule has 1 aromatic carbocycles. The normalized spacial score (nSPS) is 10.3. The molecular weight excluding hydrogens is 270 g/mol. The van der Waals surface area contributed by atoms with Gasteiger partial charge in [-0.3, -0.25) is 4.79 Å². The van der Waals surface area contributed by atoms with Gasteiger partial charge in [0.2, 0.25) is 6.39 Å². The Balaban J connectivity index is 2.10. The van der Waals surface area contributed by atoms with Crippen LogP contribution in [0.15, 0.2) is 23.0 Å². The highest BCUT2D eigenvalue weighted by Gasteiger charge is 2.15. The smallest absolute Gasteiger partial charge is 0.251 e. The number of hydrogen-bond donors (Lipinski definition) is 2. The number of nitrogens with one attached hydrogen (secondary N) is 2. The number of carbonyl (C=O) groups excluding carboxylic acids is 1. The molecule has 0 saturated carbocycles. The predicted octanol–water partition coefficient (Wildman–Crippen LogP) is 1.71. The summed E-state index contributed by atoms with van der Waals surface area (Å²) >= 11 is 0. The molecule has 0 aliphatic heterocycles. The van der Waals surface area contributed by atoms with E-state index in [0.717, 1.165) is 18.5 Å². The van der Waals surface area contributed by atoms with Crippen molar-refractivity contribution < 1.29 is 18.1 Å². The molecule has 2 N–H and O–H groups in total. The number of hydrogen-bond acceptors (Lipinski definition) is 5. The van der Waals surface area contributed by atoms with E-state index in [9.17, 15) is 13.6 Å². The maximum Gasteiger partial charge on any atom is 0.251 e. The van der Waals surface area contributed by atoms with Crippen LogP contribution in [0.5, 0.6) is 0 Å². The summed E-state index contributed by atoms with van der Waals surface area (Å²) in [5, 5.41) is 8.48. The number of rotatable bonds is 5. The largest absolute Gasteiger partial charge is 0.381 e. The first-order chi connectivity index (χ1) is 9.61. The molecule has 2 rings (SSSR count). The molecule has 20 heavy (non-hydrogen) atoms. The van der Waals surface area contributed by atoms with Crippen molar-refractivity contribution in [1.29, 1.82) is 0 Å². The molecule has 0 aliphatic rings. The Morgan fingerprint density at radius 1 is 1.35 bits per heavy atom. The summed E-state index contributed by atoms with van der Waals surface area (Å²) in [6.45, 7) is 2.09. The van der Waals surface area contributed by atoms with Crippen molar-refractivity contribution >= 4 is 11.6 Å². The van der Waals surface area contributed by atoms with Crippen molar-refractivity contribution in [2.75, 3.05) is 11.9 Å². The van der Waals surface area contributed by atoms with E-state index >= 15 is 0 Å². The van der Waals surface area contributed by atoms with Gasteiger partial charge in [-0.1, -0.05) is 5.16 Å². The highest BCUT2D eigenvalue weighted by Crippen LogP contribution is 2.20. The van der Waals surface area contributed by atoms with Crippen molar-refractivity contribution in [2.24, 2.45) is 0 Å². The molecule has 6 nitrogen and oxygen atoms in total. The van der Waals surface area contributed by atoms with Crippen molar-refractivity contribution in [3.05, 3.63) is 41.5 Å². The minimum atomic E-state index is -0.823. The lowest BCUT2D eigenvalue weighted by Crippen LogP contribution is -2.24. The van der Waals surface area contributed by atoms with Crippen LogP contribution >= 0.6 is 0 Å². The van der Waals surface area contributed by atoms with Crippen molar-refractivity contribution in [1.82, 2.24) is 15.5 Å². The van der Waals surface area contributed by atoms with Crippen LogP contribution in [0.1, 0.15) is 23.1 Å². The Hall–Kier alpha value is -2.51. The molecule has 0 fully saturated rings. The number of anilines is 1. The van der Waals surface area contributed by atoms with E-state index in [2.05, 4.69) is 25.3 Å². The van der Waals surface area contributed by atoms with E-state index in [-0.39, 0.29) is 23.6 Å². The van der Waals surface area contributed by atoms with Crippen LogP contribution in [-0.2, 0) is 6.54 Å². The van der Waals surface area contributed by atoms with Crippen LogP contribution in [0.2, 0.25) is 0 Å². The van der Waals surface area contributed by atoms with Crippen molar-refractivity contribution in [3.63, 3.8) is 0 Å². The van der Waals surface area contributed by atoms with E-state index in [1.807, 2.05) is 0 Å². The minimum Gasteiger partial charge on any atom is -0.381 e. The molecular formula is C12H12F2N4O2. The Labute approximate surface area is 113 Å². The lowest BCUT2D eigenvalue weighted by molar-refractivity contribution is 0.0948. The number of benzene rings is 1. The second-order valence-corrected chi connectivity index (χ2v) is 3.88. The van der Waals surface area contributed by atoms with E-state index < -0.39 is 17.5 Å². The van der Waals surface area contributed by atoms with Crippen molar-refractivity contribution in [2.45, 2.75) is 13.5 Å². The Bertz CT molecular complexity index is 579. The quantitative estimate of drug-likeness (QED) is 0.872. The molecule has 0 bridgehead atoms. The molecule has 1 aromatic heterocycles. The molecule has 0 saturated heterocycles. The third-order valence-corrected chi connectivity index (χ3v) is 2.47. The van der Waals surface area contributed by atoms with Crippen LogP contribution in [0, 0.1) is 11.6 Å². The average Bonchev–Trinajstić information content (AvgIpc) is 2.93. The van der Waals surface area contributed by atoms with Crippen LogP contribution in [-0.4, -0.2) is 22.6 Å². The highest BCUT2D eigenvalue weighted by molar-refractivity contribution is 5.94. The number of amides is 1. The zero-order valence-corrected chi connectivity index (χ0v) is 10.6. The summed E-state index contributed by atoms with van der Waals surface area (Å²) < 4.78 is 31.8. The van der Waals surface area contributed by atoms with E-state index in [1.54, 1.807) is 6.92 Å². The molecule has 8 heteroatoms. The van der Waals surface area contributed by atoms with Gasteiger partial charge in [0.25, 0.3) is 5.91 Å². The van der Waals surface area contributed by atoms with Gasteiger partial charge in [-0.25, -0.2) is 8.78 Å². The molecule has 0 unspecified atom stereocenters. The molecule has 0 radical (unpaired) electrons. The third kappa shape index (κ3) is 3.08. The van der Waals surface area contributed by atoms with Crippen LogP contribution in [0.4, 0.5) is 14.5 Å². The SMILES string of the molecule is CCNc1c(F)cc(C(=O)NCc2ncon2)cc1F. The van der Waals surface area contributed by atoms with Gasteiger partial charge < -0.3 is 15.2 Å². The standard InChI is InChI=1S/C12H12F2N4O2/c1-2-15-11-8(13)3-7(4-9(11)14)12(19)16-5-10-17-6-20-18-10/h3-4,6,15H,2,5H2,1H3,(H,16,19). The van der Waals surface area contributed by atoms with Crippen LogP contribution in [0.25, 0.3) is 0 Å². The molecule has 0 atom stereocenters. The summed E-state index contributed by atoms with van der Waals surface area (Å²) in [5.41, 5.74) is -0.368. The summed E-state index contributed by atoms with van der Waals surface area (Å²) in [4.78, 5) is 15.5. The molecule has 106 valence electrons. The zero-order chi connectivity index (χ0) is 14.5. The predicted molar refractivity (Wildman–Crippen MR) is 66.0 cm³/mol. The average molecular weight is 282 g/mol. The number of carbonyl (C=O) groups is 1. The third-order valence-electron chi connectivity index (χ3n) is 2.47. The van der Waals surface area contributed by atoms with Gasteiger partial charge in [0, 0.05) is 12.1 Å². The van der Waals surface area contributed by atoms with Gasteiger partial charge >= 0.3 is 0 Å². The summed E-state index contributed by atoms with van der Waals surface area (Å²) in [6, 6.07) is 1.93. The monoisotopic (exact) mass is 282 g/mol. The summed E-state index contributed by atoms with van der Waals surface area (Å²) in [5.74, 6) is -2.01. The second-order valence-electron chi connectivity index (χ2n) is 3.88.